The minimum Gasteiger partial charge on any atom is -0.343 e. The van der Waals surface area contributed by atoms with E-state index in [9.17, 15) is 0 Å². The van der Waals surface area contributed by atoms with E-state index in [2.05, 4.69) is 76.2 Å². The number of para-hydroxylation sites is 1. The lowest BCUT2D eigenvalue weighted by Gasteiger charge is -2.10. The molecule has 0 aliphatic carbocycles. The molecule has 2 N–H and O–H groups in total. The number of aromatic nitrogens is 1. The van der Waals surface area contributed by atoms with Crippen molar-refractivity contribution in [2.24, 2.45) is 0 Å². The first-order chi connectivity index (χ1) is 12.4. The molecule has 0 atom stereocenters. The van der Waals surface area contributed by atoms with Gasteiger partial charge in [-0.15, -0.1) is 0 Å². The monoisotopic (exact) mass is 327 g/mol. The van der Waals surface area contributed by atoms with Gasteiger partial charge in [0.15, 0.2) is 0 Å². The van der Waals surface area contributed by atoms with Crippen LogP contribution in [0.2, 0.25) is 0 Å². The summed E-state index contributed by atoms with van der Waals surface area (Å²) in [5, 5.41) is 1.27. The van der Waals surface area contributed by atoms with Gasteiger partial charge in [-0.2, -0.15) is 0 Å². The number of hydrogen-bond donors (Lipinski definition) is 2. The van der Waals surface area contributed by atoms with Crippen LogP contribution in [0.4, 0.5) is 5.69 Å². The number of fused-ring (bicyclic) bond motifs is 1. The van der Waals surface area contributed by atoms with Crippen LogP contribution in [0, 0.1) is 0 Å². The standard InChI is InChI=1S/C22H21N3/c1-3-7-18(8-4-1)17-25-14-13-20-12-11-19(15-22(20)25)16-23-24-21-9-5-2-6-10-21/h1-15,23-24H,16-17H2. The number of anilines is 1. The summed E-state index contributed by atoms with van der Waals surface area (Å²) >= 11 is 0. The Balaban J connectivity index is 1.48. The molecule has 0 saturated heterocycles. The highest BCUT2D eigenvalue weighted by atomic mass is 15.3. The van der Waals surface area contributed by atoms with Crippen LogP contribution in [0.25, 0.3) is 10.9 Å². The lowest BCUT2D eigenvalue weighted by molar-refractivity contribution is 0.798. The van der Waals surface area contributed by atoms with Crippen molar-refractivity contribution in [2.45, 2.75) is 13.1 Å². The number of nitrogens with one attached hydrogen (secondary N) is 2. The molecule has 1 aromatic heterocycles. The molecule has 1 heterocycles. The van der Waals surface area contributed by atoms with E-state index in [0.29, 0.717) is 0 Å². The van der Waals surface area contributed by atoms with Gasteiger partial charge in [0.05, 0.1) is 0 Å². The Hall–Kier alpha value is -3.04. The predicted octanol–water partition coefficient (Wildman–Crippen LogP) is 4.81. The lowest BCUT2D eigenvalue weighted by Crippen LogP contribution is -2.20. The number of hydrazine groups is 1. The van der Waals surface area contributed by atoms with Crippen molar-refractivity contribution in [2.75, 3.05) is 5.43 Å². The molecule has 0 saturated carbocycles. The van der Waals surface area contributed by atoms with Crippen LogP contribution in [-0.2, 0) is 13.1 Å². The zero-order chi connectivity index (χ0) is 16.9. The second-order valence-corrected chi connectivity index (χ2v) is 6.17. The van der Waals surface area contributed by atoms with E-state index in [1.807, 2.05) is 30.3 Å². The van der Waals surface area contributed by atoms with Gasteiger partial charge < -0.3 is 9.99 Å². The van der Waals surface area contributed by atoms with Gasteiger partial charge in [-0.1, -0.05) is 60.7 Å². The Morgan fingerprint density at radius 2 is 1.48 bits per heavy atom. The average molecular weight is 327 g/mol. The van der Waals surface area contributed by atoms with Crippen molar-refractivity contribution in [3.8, 4) is 0 Å². The number of benzene rings is 3. The summed E-state index contributed by atoms with van der Waals surface area (Å²) in [7, 11) is 0. The zero-order valence-electron chi connectivity index (χ0n) is 14.0. The molecule has 3 aromatic carbocycles. The quantitative estimate of drug-likeness (QED) is 0.498. The van der Waals surface area contributed by atoms with Gasteiger partial charge in [-0.05, 0) is 40.8 Å². The first kappa shape index (κ1) is 15.5. The maximum atomic E-state index is 3.28. The molecule has 25 heavy (non-hydrogen) atoms. The summed E-state index contributed by atoms with van der Waals surface area (Å²) in [6.07, 6.45) is 2.16. The second-order valence-electron chi connectivity index (χ2n) is 6.17. The molecule has 0 amide bonds. The molecule has 3 heteroatoms. The normalized spacial score (nSPS) is 10.9. The van der Waals surface area contributed by atoms with Gasteiger partial charge in [0.1, 0.15) is 0 Å². The van der Waals surface area contributed by atoms with Gasteiger partial charge in [-0.25, -0.2) is 5.43 Å². The van der Waals surface area contributed by atoms with Gasteiger partial charge in [0.2, 0.25) is 0 Å². The van der Waals surface area contributed by atoms with Gasteiger partial charge in [0.25, 0.3) is 0 Å². The van der Waals surface area contributed by atoms with Crippen molar-refractivity contribution in [1.82, 2.24) is 9.99 Å². The number of nitrogens with zero attached hydrogens (tertiary/aromatic N) is 1. The molecule has 0 aliphatic rings. The third-order valence-electron chi connectivity index (χ3n) is 4.33. The molecule has 4 rings (SSSR count). The number of hydrogen-bond acceptors (Lipinski definition) is 2. The minimum atomic E-state index is 0.765. The van der Waals surface area contributed by atoms with Crippen LogP contribution in [0.5, 0.6) is 0 Å². The third-order valence-corrected chi connectivity index (χ3v) is 4.33. The van der Waals surface area contributed by atoms with Crippen LogP contribution in [-0.4, -0.2) is 4.57 Å². The Labute approximate surface area is 147 Å². The minimum absolute atomic E-state index is 0.765. The third kappa shape index (κ3) is 3.73. The molecular weight excluding hydrogens is 306 g/mol. The summed E-state index contributed by atoms with van der Waals surface area (Å²) in [6, 6.07) is 29.5. The Kier molecular flexibility index (Phi) is 4.49. The maximum Gasteiger partial charge on any atom is 0.0487 e. The van der Waals surface area contributed by atoms with Gasteiger partial charge >= 0.3 is 0 Å². The van der Waals surface area contributed by atoms with E-state index in [-0.39, 0.29) is 0 Å². The van der Waals surface area contributed by atoms with E-state index < -0.39 is 0 Å². The van der Waals surface area contributed by atoms with Crippen molar-refractivity contribution >= 4 is 16.6 Å². The number of rotatable bonds is 6. The lowest BCUT2D eigenvalue weighted by atomic mass is 10.1. The van der Waals surface area contributed by atoms with E-state index in [1.54, 1.807) is 0 Å². The van der Waals surface area contributed by atoms with E-state index in [0.717, 1.165) is 18.8 Å². The molecule has 124 valence electrons. The van der Waals surface area contributed by atoms with Crippen LogP contribution < -0.4 is 10.9 Å². The fourth-order valence-electron chi connectivity index (χ4n) is 3.03. The van der Waals surface area contributed by atoms with Crippen LogP contribution in [0.3, 0.4) is 0 Å². The van der Waals surface area contributed by atoms with E-state index in [4.69, 9.17) is 0 Å². The SMILES string of the molecule is c1ccc(Cn2ccc3ccc(CNNc4ccccc4)cc32)cc1. The molecule has 0 bridgehead atoms. The molecular formula is C22H21N3. The summed E-state index contributed by atoms with van der Waals surface area (Å²) < 4.78 is 2.30. The molecule has 0 spiro atoms. The fraction of sp³-hybridized carbons (Fsp3) is 0.0909. The summed E-state index contributed by atoms with van der Waals surface area (Å²) in [5.74, 6) is 0. The molecule has 3 nitrogen and oxygen atoms in total. The highest BCUT2D eigenvalue weighted by molar-refractivity contribution is 5.81. The van der Waals surface area contributed by atoms with E-state index in [1.165, 1.54) is 22.0 Å². The van der Waals surface area contributed by atoms with Crippen LogP contribution in [0.1, 0.15) is 11.1 Å². The highest BCUT2D eigenvalue weighted by Crippen LogP contribution is 2.19. The highest BCUT2D eigenvalue weighted by Gasteiger charge is 2.03. The van der Waals surface area contributed by atoms with Crippen molar-refractivity contribution in [3.63, 3.8) is 0 Å². The Morgan fingerprint density at radius 1 is 0.720 bits per heavy atom. The fourth-order valence-corrected chi connectivity index (χ4v) is 3.03. The van der Waals surface area contributed by atoms with Gasteiger partial charge in [0, 0.05) is 30.5 Å². The van der Waals surface area contributed by atoms with Crippen LogP contribution >= 0.6 is 0 Å². The van der Waals surface area contributed by atoms with Gasteiger partial charge in [-0.3, -0.25) is 0 Å². The molecule has 0 radical (unpaired) electrons. The molecule has 4 aromatic rings. The molecule has 0 fully saturated rings. The van der Waals surface area contributed by atoms with Crippen molar-refractivity contribution in [3.05, 3.63) is 102 Å². The zero-order valence-corrected chi connectivity index (χ0v) is 14.0. The smallest absolute Gasteiger partial charge is 0.0487 e. The summed E-state index contributed by atoms with van der Waals surface area (Å²) in [6.45, 7) is 1.66. The first-order valence-electron chi connectivity index (χ1n) is 8.54. The summed E-state index contributed by atoms with van der Waals surface area (Å²) in [4.78, 5) is 0. The van der Waals surface area contributed by atoms with E-state index >= 15 is 0 Å². The second kappa shape index (κ2) is 7.24. The average Bonchev–Trinajstić information content (AvgIpc) is 3.06. The predicted molar refractivity (Wildman–Crippen MR) is 104 cm³/mol. The Bertz CT molecular complexity index is 943. The summed E-state index contributed by atoms with van der Waals surface area (Å²) in [5.41, 5.74) is 11.4. The maximum absolute atomic E-state index is 3.28. The topological polar surface area (TPSA) is 29.0 Å². The Morgan fingerprint density at radius 3 is 2.28 bits per heavy atom. The largest absolute Gasteiger partial charge is 0.343 e. The molecule has 0 aliphatic heterocycles. The van der Waals surface area contributed by atoms with Crippen molar-refractivity contribution in [1.29, 1.82) is 0 Å². The van der Waals surface area contributed by atoms with Crippen molar-refractivity contribution < 1.29 is 0 Å². The van der Waals surface area contributed by atoms with Crippen LogP contribution in [0.15, 0.2) is 91.1 Å². The first-order valence-corrected chi connectivity index (χ1v) is 8.54. The molecule has 0 unspecified atom stereocenters.